The summed E-state index contributed by atoms with van der Waals surface area (Å²) < 4.78 is 8.34. The molecule has 6 nitrogen and oxygen atoms in total. The topological polar surface area (TPSA) is 65.6 Å². The van der Waals surface area contributed by atoms with Crippen molar-refractivity contribution in [3.8, 4) is 0 Å². The molecule has 0 bridgehead atoms. The van der Waals surface area contributed by atoms with Gasteiger partial charge in [0, 0.05) is 18.3 Å². The van der Waals surface area contributed by atoms with Gasteiger partial charge >= 0.3 is 5.97 Å². The van der Waals surface area contributed by atoms with Crippen LogP contribution in [-0.4, -0.2) is 27.0 Å². The highest BCUT2D eigenvalue weighted by atomic mass is 16.5. The van der Waals surface area contributed by atoms with E-state index in [1.807, 2.05) is 47.0 Å². The maximum atomic E-state index is 12.7. The van der Waals surface area contributed by atoms with Gasteiger partial charge in [-0.3, -0.25) is 9.59 Å². The zero-order valence-corrected chi connectivity index (χ0v) is 15.0. The zero-order valence-electron chi connectivity index (χ0n) is 15.0. The maximum absolute atomic E-state index is 12.7. The molecule has 0 spiro atoms. The lowest BCUT2D eigenvalue weighted by atomic mass is 10.1. The summed E-state index contributed by atoms with van der Waals surface area (Å²) in [6.45, 7) is 0.601. The van der Waals surface area contributed by atoms with Gasteiger partial charge in [-0.25, -0.2) is 9.38 Å². The molecular formula is C21H19N3O3. The number of fused-ring (bicyclic) bond motifs is 3. The van der Waals surface area contributed by atoms with Crippen LogP contribution in [0.15, 0.2) is 65.5 Å². The zero-order chi connectivity index (χ0) is 18.8. The molecule has 0 saturated heterocycles. The van der Waals surface area contributed by atoms with Gasteiger partial charge in [-0.15, -0.1) is 0 Å². The molecule has 0 unspecified atom stereocenters. The fourth-order valence-electron chi connectivity index (χ4n) is 3.32. The quantitative estimate of drug-likeness (QED) is 0.513. The van der Waals surface area contributed by atoms with E-state index in [-0.39, 0.29) is 17.9 Å². The first-order chi connectivity index (χ1) is 13.2. The van der Waals surface area contributed by atoms with Crippen molar-refractivity contribution in [2.45, 2.75) is 19.4 Å². The van der Waals surface area contributed by atoms with Crippen LogP contribution in [0.2, 0.25) is 0 Å². The Labute approximate surface area is 155 Å². The minimum atomic E-state index is -0.386. The lowest BCUT2D eigenvalue weighted by Gasteiger charge is -2.14. The second-order valence-corrected chi connectivity index (χ2v) is 6.35. The Bertz CT molecular complexity index is 1180. The van der Waals surface area contributed by atoms with Crippen LogP contribution < -0.4 is 5.56 Å². The summed E-state index contributed by atoms with van der Waals surface area (Å²) in [5, 5.41) is 0. The smallest absolute Gasteiger partial charge is 0.311 e. The number of esters is 1. The van der Waals surface area contributed by atoms with Gasteiger partial charge in [0.15, 0.2) is 0 Å². The van der Waals surface area contributed by atoms with Gasteiger partial charge in [0.25, 0.3) is 5.56 Å². The average molecular weight is 361 g/mol. The predicted molar refractivity (Wildman–Crippen MR) is 103 cm³/mol. The molecule has 0 saturated carbocycles. The van der Waals surface area contributed by atoms with Gasteiger partial charge in [-0.1, -0.05) is 42.5 Å². The number of aryl methyl sites for hydroxylation is 2. The number of hydrogen-bond donors (Lipinski definition) is 0. The van der Waals surface area contributed by atoms with Crippen LogP contribution in [0, 0.1) is 0 Å². The number of imidazole rings is 1. The molecule has 2 aromatic heterocycles. The van der Waals surface area contributed by atoms with E-state index in [0.717, 1.165) is 17.5 Å². The summed E-state index contributed by atoms with van der Waals surface area (Å²) in [6.07, 6.45) is 0.789. The largest absolute Gasteiger partial charge is 0.469 e. The highest BCUT2D eigenvalue weighted by molar-refractivity contribution is 5.79. The average Bonchev–Trinajstić information content (AvgIpc) is 3.08. The van der Waals surface area contributed by atoms with E-state index in [2.05, 4.69) is 17.1 Å². The Hall–Kier alpha value is -3.41. The van der Waals surface area contributed by atoms with E-state index in [1.54, 1.807) is 4.40 Å². The first-order valence-electron chi connectivity index (χ1n) is 8.78. The van der Waals surface area contributed by atoms with Crippen molar-refractivity contribution >= 4 is 22.8 Å². The Morgan fingerprint density at radius 1 is 1.07 bits per heavy atom. The number of hydrogen-bond acceptors (Lipinski definition) is 4. The first kappa shape index (κ1) is 17.0. The van der Waals surface area contributed by atoms with Crippen LogP contribution in [0.25, 0.3) is 16.8 Å². The Balaban J connectivity index is 1.88. The molecule has 0 atom stereocenters. The van der Waals surface area contributed by atoms with E-state index in [9.17, 15) is 9.59 Å². The van der Waals surface area contributed by atoms with Gasteiger partial charge in [0.2, 0.25) is 5.78 Å². The Morgan fingerprint density at radius 2 is 1.81 bits per heavy atom. The third-order valence-corrected chi connectivity index (χ3v) is 4.66. The van der Waals surface area contributed by atoms with Gasteiger partial charge in [0.05, 0.1) is 24.6 Å². The van der Waals surface area contributed by atoms with Crippen LogP contribution in [0.5, 0.6) is 0 Å². The summed E-state index contributed by atoms with van der Waals surface area (Å²) in [7, 11) is 1.34. The fraction of sp³-hybridized carbons (Fsp3) is 0.190. The summed E-state index contributed by atoms with van der Waals surface area (Å²) in [5.74, 6) is 0.154. The van der Waals surface area contributed by atoms with Gasteiger partial charge < -0.3 is 9.30 Å². The maximum Gasteiger partial charge on any atom is 0.311 e. The molecule has 4 aromatic rings. The van der Waals surface area contributed by atoms with E-state index in [4.69, 9.17) is 4.74 Å². The molecule has 6 heteroatoms. The number of methoxy groups -OCH3 is 1. The van der Waals surface area contributed by atoms with E-state index in [1.165, 1.54) is 18.7 Å². The van der Waals surface area contributed by atoms with E-state index >= 15 is 0 Å². The number of nitrogens with zero attached hydrogens (tertiary/aromatic N) is 3. The SMILES string of the molecule is COC(=O)Cc1cc(=O)n2c3ccccc3nc2n1CCc1ccccc1. The van der Waals surface area contributed by atoms with Crippen molar-refractivity contribution < 1.29 is 9.53 Å². The normalized spacial score (nSPS) is 11.1. The van der Waals surface area contributed by atoms with Crippen molar-refractivity contribution in [3.63, 3.8) is 0 Å². The lowest BCUT2D eigenvalue weighted by Crippen LogP contribution is -2.23. The molecule has 0 aliphatic carbocycles. The van der Waals surface area contributed by atoms with Crippen molar-refractivity contribution in [1.29, 1.82) is 0 Å². The van der Waals surface area contributed by atoms with Crippen molar-refractivity contribution in [3.05, 3.63) is 82.3 Å². The van der Waals surface area contributed by atoms with Crippen molar-refractivity contribution in [2.24, 2.45) is 0 Å². The summed E-state index contributed by atoms with van der Waals surface area (Å²) >= 11 is 0. The van der Waals surface area contributed by atoms with Crippen LogP contribution in [0.3, 0.4) is 0 Å². The lowest BCUT2D eigenvalue weighted by molar-refractivity contribution is -0.139. The van der Waals surface area contributed by atoms with Gasteiger partial charge in [-0.05, 0) is 24.1 Å². The summed E-state index contributed by atoms with van der Waals surface area (Å²) in [6, 6.07) is 19.1. The van der Waals surface area contributed by atoms with Crippen molar-refractivity contribution in [1.82, 2.24) is 14.0 Å². The van der Waals surface area contributed by atoms with Crippen LogP contribution >= 0.6 is 0 Å². The Morgan fingerprint density at radius 3 is 2.59 bits per heavy atom. The van der Waals surface area contributed by atoms with Gasteiger partial charge in [-0.2, -0.15) is 0 Å². The van der Waals surface area contributed by atoms with Crippen LogP contribution in [0.1, 0.15) is 11.3 Å². The molecule has 0 amide bonds. The number of rotatable bonds is 5. The summed E-state index contributed by atoms with van der Waals surface area (Å²) in [4.78, 5) is 29.2. The molecule has 136 valence electrons. The minimum Gasteiger partial charge on any atom is -0.469 e. The molecule has 2 heterocycles. The fourth-order valence-corrected chi connectivity index (χ4v) is 3.32. The second kappa shape index (κ2) is 7.07. The molecule has 0 N–H and O–H groups in total. The van der Waals surface area contributed by atoms with E-state index in [0.29, 0.717) is 18.0 Å². The molecular weight excluding hydrogens is 342 g/mol. The van der Waals surface area contributed by atoms with Crippen molar-refractivity contribution in [2.75, 3.05) is 7.11 Å². The standard InChI is InChI=1S/C21H19N3O3/c1-27-20(26)14-16-13-19(25)24-18-10-6-5-9-17(18)22-21(24)23(16)12-11-15-7-3-2-4-8-15/h2-10,13H,11-12,14H2,1H3. The molecule has 4 rings (SSSR count). The molecule has 2 aromatic carbocycles. The second-order valence-electron chi connectivity index (χ2n) is 6.35. The minimum absolute atomic E-state index is 0.0280. The molecule has 0 fully saturated rings. The molecule has 0 aliphatic heterocycles. The number of ether oxygens (including phenoxy) is 1. The number of carbonyl (C=O) groups is 1. The summed E-state index contributed by atoms with van der Waals surface area (Å²) in [5.41, 5.74) is 3.09. The highest BCUT2D eigenvalue weighted by Crippen LogP contribution is 2.17. The predicted octanol–water partition coefficient (Wildman–Crippen LogP) is 2.61. The number of carbonyl (C=O) groups excluding carboxylic acids is 1. The Kier molecular flexibility index (Phi) is 4.46. The monoisotopic (exact) mass is 361 g/mol. The van der Waals surface area contributed by atoms with Gasteiger partial charge in [0.1, 0.15) is 0 Å². The molecule has 0 radical (unpaired) electrons. The highest BCUT2D eigenvalue weighted by Gasteiger charge is 2.16. The number of para-hydroxylation sites is 2. The first-order valence-corrected chi connectivity index (χ1v) is 8.78. The molecule has 0 aliphatic rings. The molecule has 27 heavy (non-hydrogen) atoms. The van der Waals surface area contributed by atoms with Crippen LogP contribution in [0.4, 0.5) is 0 Å². The third-order valence-electron chi connectivity index (χ3n) is 4.66. The van der Waals surface area contributed by atoms with Crippen LogP contribution in [-0.2, 0) is 28.9 Å². The number of benzene rings is 2. The van der Waals surface area contributed by atoms with E-state index < -0.39 is 0 Å². The third kappa shape index (κ3) is 3.21. The number of aromatic nitrogens is 3.